The number of rotatable bonds is 5. The molecule has 1 atom stereocenters. The molecule has 4 aromatic rings. The number of amidine groups is 1. The number of benzodiazepines with no additional fused rings is 1. The molecule has 12 nitrogen and oxygen atoms in total. The van der Waals surface area contributed by atoms with Crippen LogP contribution < -0.4 is 16.0 Å². The average molecular weight is 550 g/mol. The van der Waals surface area contributed by atoms with Crippen LogP contribution in [0, 0.1) is 5.41 Å². The quantitative estimate of drug-likeness (QED) is 0.255. The van der Waals surface area contributed by atoms with Crippen LogP contribution in [0.5, 0.6) is 0 Å². The lowest BCUT2D eigenvalue weighted by Crippen LogP contribution is -2.37. The van der Waals surface area contributed by atoms with Gasteiger partial charge in [0, 0.05) is 24.2 Å². The number of fused-ring (bicyclic) bond motifs is 1. The summed E-state index contributed by atoms with van der Waals surface area (Å²) in [6.07, 6.45) is 1.84. The van der Waals surface area contributed by atoms with Crippen LogP contribution in [0.4, 0.5) is 11.4 Å². The number of carbonyl (C=O) groups is 1. The van der Waals surface area contributed by atoms with Crippen molar-refractivity contribution >= 4 is 34.9 Å². The van der Waals surface area contributed by atoms with E-state index in [2.05, 4.69) is 30.3 Å². The topological polar surface area (TPSA) is 156 Å². The molecule has 12 heteroatoms. The first kappa shape index (κ1) is 25.9. The number of hydrogen-bond acceptors (Lipinski definition) is 9. The fourth-order valence-electron chi connectivity index (χ4n) is 4.73. The second-order valence-electron chi connectivity index (χ2n) is 9.29. The van der Waals surface area contributed by atoms with E-state index in [0.29, 0.717) is 43.3 Å². The summed E-state index contributed by atoms with van der Waals surface area (Å²) >= 11 is 0. The molecule has 1 aromatic heterocycles. The van der Waals surface area contributed by atoms with Crippen molar-refractivity contribution in [3.05, 3.63) is 102 Å². The van der Waals surface area contributed by atoms with Crippen LogP contribution in [-0.2, 0) is 14.3 Å². The maximum absolute atomic E-state index is 13.1. The molecule has 0 aliphatic carbocycles. The highest BCUT2D eigenvalue weighted by Crippen LogP contribution is 2.27. The molecule has 3 aromatic carbocycles. The Hall–Kier alpha value is -5.36. The first-order valence-corrected chi connectivity index (χ1v) is 13.0. The van der Waals surface area contributed by atoms with Gasteiger partial charge in [0.1, 0.15) is 12.7 Å². The molecule has 4 N–H and O–H groups in total. The molecule has 1 amide bonds. The van der Waals surface area contributed by atoms with Gasteiger partial charge < -0.3 is 25.4 Å². The van der Waals surface area contributed by atoms with Gasteiger partial charge in [-0.3, -0.25) is 10.2 Å². The number of nitrogens with zero attached hydrogens (tertiary/aromatic N) is 6. The largest absolute Gasteiger partial charge is 0.407 e. The van der Waals surface area contributed by atoms with E-state index in [-0.39, 0.29) is 11.9 Å². The highest BCUT2D eigenvalue weighted by molar-refractivity contribution is 6.19. The first-order chi connectivity index (χ1) is 20.1. The smallest absolute Gasteiger partial charge is 0.291 e. The second-order valence-corrected chi connectivity index (χ2v) is 9.29. The summed E-state index contributed by atoms with van der Waals surface area (Å²) in [5.74, 6) is -0.685. The monoisotopic (exact) mass is 549 g/mol. The molecule has 0 bridgehead atoms. The molecule has 2 aliphatic heterocycles. The Balaban J connectivity index is 1.30. The predicted molar refractivity (Wildman–Crippen MR) is 155 cm³/mol. The van der Waals surface area contributed by atoms with E-state index >= 15 is 0 Å². The standard InChI is InChI=1S/C29H27N9O3/c30-26(22-11-10-20(38-18-32-17-33-38)16-24(22)37-12-14-40-15-13-37)41-29(31)36-27-28(39)34-23-9-5-4-8-21(23)25(35-27)19-6-2-1-3-7-19/h1-11,16-18,27,30H,12-15H2,(H2,31,36)(H,34,39). The van der Waals surface area contributed by atoms with E-state index in [1.165, 1.54) is 6.33 Å². The van der Waals surface area contributed by atoms with Crippen LogP contribution in [0.3, 0.4) is 0 Å². The van der Waals surface area contributed by atoms with Gasteiger partial charge in [0.25, 0.3) is 11.9 Å². The summed E-state index contributed by atoms with van der Waals surface area (Å²) in [6, 6.07) is 22.1. The molecule has 1 fully saturated rings. The number of amides is 1. The number of ether oxygens (including phenoxy) is 2. The van der Waals surface area contributed by atoms with Crippen molar-refractivity contribution in [3.8, 4) is 5.69 Å². The van der Waals surface area contributed by atoms with Gasteiger partial charge in [0.05, 0.1) is 41.6 Å². The van der Waals surface area contributed by atoms with Gasteiger partial charge in [-0.1, -0.05) is 48.5 Å². The Morgan fingerprint density at radius 1 is 1.07 bits per heavy atom. The molecule has 0 spiro atoms. The Bertz CT molecular complexity index is 1630. The summed E-state index contributed by atoms with van der Waals surface area (Å²) in [6.45, 7) is 2.41. The molecule has 206 valence electrons. The van der Waals surface area contributed by atoms with E-state index in [9.17, 15) is 4.79 Å². The van der Waals surface area contributed by atoms with Gasteiger partial charge in [-0.05, 0) is 24.3 Å². The summed E-state index contributed by atoms with van der Waals surface area (Å²) in [7, 11) is 0. The SMILES string of the molecule is N=C(O/C(N)=N/C1N=C(c2ccccc2)c2ccccc2NC1=O)c1ccc(-n2cncn2)cc1N1CCOCC1. The van der Waals surface area contributed by atoms with Crippen LogP contribution in [0.15, 0.2) is 95.4 Å². The van der Waals surface area contributed by atoms with Crippen LogP contribution in [-0.4, -0.2) is 70.8 Å². The van der Waals surface area contributed by atoms with Gasteiger partial charge in [-0.2, -0.15) is 10.1 Å². The summed E-state index contributed by atoms with van der Waals surface area (Å²) in [5, 5.41) is 15.8. The van der Waals surface area contributed by atoms with Crippen molar-refractivity contribution < 1.29 is 14.3 Å². The third kappa shape index (κ3) is 5.54. The number of nitrogens with two attached hydrogens (primary N) is 1. The molecule has 41 heavy (non-hydrogen) atoms. The van der Waals surface area contributed by atoms with E-state index in [4.69, 9.17) is 20.6 Å². The van der Waals surface area contributed by atoms with E-state index in [1.54, 1.807) is 17.1 Å². The number of aromatic nitrogens is 3. The Morgan fingerprint density at radius 3 is 2.63 bits per heavy atom. The van der Waals surface area contributed by atoms with Gasteiger partial charge >= 0.3 is 0 Å². The fourth-order valence-corrected chi connectivity index (χ4v) is 4.73. The maximum atomic E-state index is 13.1. The third-order valence-corrected chi connectivity index (χ3v) is 6.69. The van der Waals surface area contributed by atoms with Crippen LogP contribution in [0.2, 0.25) is 0 Å². The zero-order valence-electron chi connectivity index (χ0n) is 22.0. The van der Waals surface area contributed by atoms with Crippen molar-refractivity contribution in [1.82, 2.24) is 14.8 Å². The van der Waals surface area contributed by atoms with Gasteiger partial charge in [0.2, 0.25) is 12.1 Å². The predicted octanol–water partition coefficient (Wildman–Crippen LogP) is 2.58. The van der Waals surface area contributed by atoms with Crippen molar-refractivity contribution in [2.45, 2.75) is 6.17 Å². The third-order valence-electron chi connectivity index (χ3n) is 6.69. The number of carbonyl (C=O) groups excluding carboxylic acids is 1. The molecule has 3 heterocycles. The van der Waals surface area contributed by atoms with Crippen LogP contribution >= 0.6 is 0 Å². The molecular formula is C29H27N9O3. The van der Waals surface area contributed by atoms with Crippen molar-refractivity contribution in [3.63, 3.8) is 0 Å². The number of para-hydroxylation sites is 1. The molecule has 2 aliphatic rings. The lowest BCUT2D eigenvalue weighted by molar-refractivity contribution is -0.117. The van der Waals surface area contributed by atoms with Crippen LogP contribution in [0.1, 0.15) is 16.7 Å². The average Bonchev–Trinajstić information content (AvgIpc) is 3.51. The van der Waals surface area contributed by atoms with Crippen LogP contribution in [0.25, 0.3) is 5.69 Å². The number of hydrogen-bond donors (Lipinski definition) is 3. The minimum Gasteiger partial charge on any atom is -0.407 e. The highest BCUT2D eigenvalue weighted by atomic mass is 16.5. The van der Waals surface area contributed by atoms with Gasteiger partial charge in [0.15, 0.2) is 0 Å². The number of morpholine rings is 1. The number of benzene rings is 3. The van der Waals surface area contributed by atoms with Crippen molar-refractivity contribution in [2.24, 2.45) is 15.7 Å². The van der Waals surface area contributed by atoms with E-state index in [0.717, 1.165) is 22.5 Å². The Morgan fingerprint density at radius 2 is 1.85 bits per heavy atom. The number of anilines is 2. The lowest BCUT2D eigenvalue weighted by atomic mass is 10.0. The minimum atomic E-state index is -1.22. The Kier molecular flexibility index (Phi) is 7.20. The molecule has 1 saturated heterocycles. The zero-order valence-corrected chi connectivity index (χ0v) is 22.0. The first-order valence-electron chi connectivity index (χ1n) is 13.0. The fraction of sp³-hybridized carbons (Fsp3) is 0.172. The molecule has 0 saturated carbocycles. The minimum absolute atomic E-state index is 0.220. The normalized spacial score (nSPS) is 17.2. The number of aliphatic imine (C=N–C) groups is 2. The van der Waals surface area contributed by atoms with Crippen molar-refractivity contribution in [1.29, 1.82) is 5.41 Å². The summed E-state index contributed by atoms with van der Waals surface area (Å²) < 4.78 is 12.8. The molecule has 6 rings (SSSR count). The lowest BCUT2D eigenvalue weighted by Gasteiger charge is -2.30. The van der Waals surface area contributed by atoms with Crippen molar-refractivity contribution in [2.75, 3.05) is 36.5 Å². The Labute approximate surface area is 235 Å². The molecule has 1 unspecified atom stereocenters. The molecular weight excluding hydrogens is 522 g/mol. The highest BCUT2D eigenvalue weighted by Gasteiger charge is 2.26. The van der Waals surface area contributed by atoms with Gasteiger partial charge in [-0.25, -0.2) is 14.7 Å². The van der Waals surface area contributed by atoms with E-state index < -0.39 is 12.1 Å². The summed E-state index contributed by atoms with van der Waals surface area (Å²) in [5.41, 5.74) is 11.0. The van der Waals surface area contributed by atoms with E-state index in [1.807, 2.05) is 66.7 Å². The second kappa shape index (κ2) is 11.4. The zero-order chi connectivity index (χ0) is 28.2. The summed E-state index contributed by atoms with van der Waals surface area (Å²) in [4.78, 5) is 28.2. The maximum Gasteiger partial charge on any atom is 0.291 e. The molecule has 0 radical (unpaired) electrons. The van der Waals surface area contributed by atoms with Gasteiger partial charge in [-0.15, -0.1) is 0 Å². The number of nitrogens with one attached hydrogen (secondary N) is 2.